The molecule has 2 saturated carbocycles. The van der Waals surface area contributed by atoms with Gasteiger partial charge in [0.05, 0.1) is 0 Å². The highest BCUT2D eigenvalue weighted by molar-refractivity contribution is 5.78. The smallest absolute Gasteiger partial charge is 0.224 e. The third-order valence-corrected chi connectivity index (χ3v) is 7.32. The summed E-state index contributed by atoms with van der Waals surface area (Å²) in [6.07, 6.45) is 7.57. The lowest BCUT2D eigenvalue weighted by Crippen LogP contribution is -2.69. The Bertz CT molecular complexity index is 645. The van der Waals surface area contributed by atoms with Crippen molar-refractivity contribution < 1.29 is 4.79 Å². The third kappa shape index (κ3) is 2.92. The molecular formula is C22H31N3O. The standard InChI is InChI=1S/C22H31N3O/c26-20(25-17-22(10-4-11-22)21(25)18-7-8-18)9-12-23-13-15-24(16-14-23)19-5-2-1-3-6-19/h1-3,5-6,18,21H,4,7-17H2. The molecule has 140 valence electrons. The molecule has 4 nitrogen and oxygen atoms in total. The minimum Gasteiger partial charge on any atom is -0.369 e. The van der Waals surface area contributed by atoms with Crippen LogP contribution in [0.4, 0.5) is 5.69 Å². The molecule has 0 aromatic heterocycles. The molecule has 4 heteroatoms. The van der Waals surface area contributed by atoms with Crippen LogP contribution in [0.2, 0.25) is 0 Å². The summed E-state index contributed by atoms with van der Waals surface area (Å²) < 4.78 is 0. The summed E-state index contributed by atoms with van der Waals surface area (Å²) in [6.45, 7) is 6.26. The Morgan fingerprint density at radius 3 is 2.38 bits per heavy atom. The van der Waals surface area contributed by atoms with Gasteiger partial charge in [0.25, 0.3) is 0 Å². The quantitative estimate of drug-likeness (QED) is 0.814. The number of para-hydroxylation sites is 1. The molecule has 0 N–H and O–H groups in total. The highest BCUT2D eigenvalue weighted by atomic mass is 16.2. The van der Waals surface area contributed by atoms with Crippen molar-refractivity contribution in [2.75, 3.05) is 44.2 Å². The van der Waals surface area contributed by atoms with E-state index in [4.69, 9.17) is 0 Å². The Morgan fingerprint density at radius 2 is 1.77 bits per heavy atom. The summed E-state index contributed by atoms with van der Waals surface area (Å²) in [5.74, 6) is 1.26. The molecule has 26 heavy (non-hydrogen) atoms. The first-order chi connectivity index (χ1) is 12.8. The normalized spacial score (nSPS) is 27.9. The maximum absolute atomic E-state index is 12.8. The van der Waals surface area contributed by atoms with Gasteiger partial charge in [0.1, 0.15) is 0 Å². The number of carbonyl (C=O) groups is 1. The number of amides is 1. The van der Waals surface area contributed by atoms with E-state index in [0.29, 0.717) is 23.8 Å². The van der Waals surface area contributed by atoms with E-state index in [2.05, 4.69) is 45.0 Å². The highest BCUT2D eigenvalue weighted by Crippen LogP contribution is 2.59. The van der Waals surface area contributed by atoms with Crippen LogP contribution in [0.3, 0.4) is 0 Å². The molecule has 0 bridgehead atoms. The SMILES string of the molecule is O=C(CCN1CCN(c2ccccc2)CC1)N1CC2(CCC2)C1C1CC1. The van der Waals surface area contributed by atoms with E-state index >= 15 is 0 Å². The zero-order chi connectivity index (χ0) is 17.6. The van der Waals surface area contributed by atoms with Crippen LogP contribution in [0.15, 0.2) is 30.3 Å². The molecule has 4 fully saturated rings. The fraction of sp³-hybridized carbons (Fsp3) is 0.682. The first kappa shape index (κ1) is 16.6. The van der Waals surface area contributed by atoms with Gasteiger partial charge < -0.3 is 9.80 Å². The first-order valence-corrected chi connectivity index (χ1v) is 10.6. The summed E-state index contributed by atoms with van der Waals surface area (Å²) in [5.41, 5.74) is 1.87. The lowest BCUT2D eigenvalue weighted by molar-refractivity contribution is -0.171. The van der Waals surface area contributed by atoms with Gasteiger partial charge in [-0.15, -0.1) is 0 Å². The van der Waals surface area contributed by atoms with Gasteiger partial charge >= 0.3 is 0 Å². The number of benzene rings is 1. The van der Waals surface area contributed by atoms with E-state index in [0.717, 1.165) is 45.2 Å². The van der Waals surface area contributed by atoms with Crippen molar-refractivity contribution in [3.05, 3.63) is 30.3 Å². The van der Waals surface area contributed by atoms with Gasteiger partial charge in [-0.2, -0.15) is 0 Å². The van der Waals surface area contributed by atoms with E-state index in [-0.39, 0.29) is 0 Å². The molecule has 1 atom stereocenters. The average Bonchev–Trinajstić information content (AvgIpc) is 3.44. The second-order valence-corrected chi connectivity index (χ2v) is 8.93. The molecule has 2 aliphatic carbocycles. The van der Waals surface area contributed by atoms with Crippen molar-refractivity contribution in [3.63, 3.8) is 0 Å². The van der Waals surface area contributed by atoms with Crippen LogP contribution < -0.4 is 4.90 Å². The summed E-state index contributed by atoms with van der Waals surface area (Å²) in [7, 11) is 0. The van der Waals surface area contributed by atoms with Crippen molar-refractivity contribution in [1.29, 1.82) is 0 Å². The Hall–Kier alpha value is -1.55. The Labute approximate surface area is 157 Å². The molecule has 5 rings (SSSR count). The van der Waals surface area contributed by atoms with Gasteiger partial charge in [-0.1, -0.05) is 24.6 Å². The zero-order valence-corrected chi connectivity index (χ0v) is 15.8. The van der Waals surface area contributed by atoms with Crippen LogP contribution in [0.25, 0.3) is 0 Å². The largest absolute Gasteiger partial charge is 0.369 e. The molecule has 1 aromatic rings. The summed E-state index contributed by atoms with van der Waals surface area (Å²) in [6, 6.07) is 11.3. The van der Waals surface area contributed by atoms with Gasteiger partial charge in [-0.25, -0.2) is 0 Å². The van der Waals surface area contributed by atoms with Crippen LogP contribution in [-0.2, 0) is 4.79 Å². The topological polar surface area (TPSA) is 26.8 Å². The molecule has 1 aromatic carbocycles. The molecule has 1 amide bonds. The van der Waals surface area contributed by atoms with Crippen molar-refractivity contribution >= 4 is 11.6 Å². The fourth-order valence-electron chi connectivity index (χ4n) is 5.51. The van der Waals surface area contributed by atoms with Gasteiger partial charge in [0.15, 0.2) is 0 Å². The summed E-state index contributed by atoms with van der Waals surface area (Å²) in [4.78, 5) is 20.0. The minimum absolute atomic E-state index is 0.421. The highest BCUT2D eigenvalue weighted by Gasteiger charge is 2.61. The van der Waals surface area contributed by atoms with Gasteiger partial charge in [-0.3, -0.25) is 9.69 Å². The van der Waals surface area contributed by atoms with E-state index in [9.17, 15) is 4.79 Å². The van der Waals surface area contributed by atoms with E-state index in [1.54, 1.807) is 0 Å². The number of rotatable bonds is 5. The molecule has 1 unspecified atom stereocenters. The number of likely N-dealkylation sites (tertiary alicyclic amines) is 1. The molecule has 0 radical (unpaired) electrons. The summed E-state index contributed by atoms with van der Waals surface area (Å²) in [5, 5.41) is 0. The van der Waals surface area contributed by atoms with Gasteiger partial charge in [0.2, 0.25) is 5.91 Å². The monoisotopic (exact) mass is 353 g/mol. The minimum atomic E-state index is 0.421. The molecule has 2 heterocycles. The predicted octanol–water partition coefficient (Wildman–Crippen LogP) is 2.99. The Morgan fingerprint density at radius 1 is 1.04 bits per heavy atom. The molecule has 2 aliphatic heterocycles. The third-order valence-electron chi connectivity index (χ3n) is 7.32. The Balaban J connectivity index is 1.09. The number of hydrogen-bond donors (Lipinski definition) is 0. The lowest BCUT2D eigenvalue weighted by atomic mass is 9.56. The predicted molar refractivity (Wildman–Crippen MR) is 104 cm³/mol. The van der Waals surface area contributed by atoms with Crippen LogP contribution in [0, 0.1) is 11.3 Å². The van der Waals surface area contributed by atoms with Crippen LogP contribution in [-0.4, -0.2) is 61.0 Å². The number of carbonyl (C=O) groups excluding carboxylic acids is 1. The maximum Gasteiger partial charge on any atom is 0.224 e. The van der Waals surface area contributed by atoms with E-state index < -0.39 is 0 Å². The number of nitrogens with zero attached hydrogens (tertiary/aromatic N) is 3. The molecular weight excluding hydrogens is 322 g/mol. The Kier molecular flexibility index (Phi) is 4.19. The molecule has 4 aliphatic rings. The van der Waals surface area contributed by atoms with E-state index in [1.807, 2.05) is 0 Å². The van der Waals surface area contributed by atoms with Crippen molar-refractivity contribution in [1.82, 2.24) is 9.80 Å². The van der Waals surface area contributed by atoms with Crippen LogP contribution >= 0.6 is 0 Å². The van der Waals surface area contributed by atoms with Crippen LogP contribution in [0.5, 0.6) is 0 Å². The average molecular weight is 354 g/mol. The van der Waals surface area contributed by atoms with Crippen molar-refractivity contribution in [2.24, 2.45) is 11.3 Å². The molecule has 1 spiro atoms. The summed E-state index contributed by atoms with van der Waals surface area (Å²) >= 11 is 0. The number of piperazine rings is 1. The van der Waals surface area contributed by atoms with E-state index in [1.165, 1.54) is 37.8 Å². The second-order valence-electron chi connectivity index (χ2n) is 8.93. The maximum atomic E-state index is 12.8. The first-order valence-electron chi connectivity index (χ1n) is 10.6. The van der Waals surface area contributed by atoms with Crippen LogP contribution in [0.1, 0.15) is 38.5 Å². The number of anilines is 1. The van der Waals surface area contributed by atoms with Gasteiger partial charge in [-0.05, 0) is 43.7 Å². The number of hydrogen-bond acceptors (Lipinski definition) is 3. The van der Waals surface area contributed by atoms with Gasteiger partial charge in [0, 0.05) is 62.8 Å². The second kappa shape index (κ2) is 6.56. The van der Waals surface area contributed by atoms with Crippen molar-refractivity contribution in [3.8, 4) is 0 Å². The van der Waals surface area contributed by atoms with Crippen molar-refractivity contribution in [2.45, 2.75) is 44.6 Å². The lowest BCUT2D eigenvalue weighted by Gasteiger charge is -2.63. The zero-order valence-electron chi connectivity index (χ0n) is 15.8. The fourth-order valence-corrected chi connectivity index (χ4v) is 5.51. The molecule has 2 saturated heterocycles.